The van der Waals surface area contributed by atoms with Crippen LogP contribution < -0.4 is 0 Å². The van der Waals surface area contributed by atoms with E-state index < -0.39 is 0 Å². The summed E-state index contributed by atoms with van der Waals surface area (Å²) in [7, 11) is 0. The Morgan fingerprint density at radius 2 is 2.09 bits per heavy atom. The van der Waals surface area contributed by atoms with Gasteiger partial charge in [-0.05, 0) is 24.2 Å². The summed E-state index contributed by atoms with van der Waals surface area (Å²) in [6, 6.07) is 6.99. The molecule has 0 amide bonds. The van der Waals surface area contributed by atoms with Crippen LogP contribution in [0.25, 0.3) is 0 Å². The molecular weight excluding hydrogens is 306 g/mol. The van der Waals surface area contributed by atoms with Crippen molar-refractivity contribution in [3.63, 3.8) is 0 Å². The summed E-state index contributed by atoms with van der Waals surface area (Å²) in [5.41, 5.74) is 2.13. The molecule has 0 aliphatic heterocycles. The Bertz CT molecular complexity index is 221. The van der Waals surface area contributed by atoms with Gasteiger partial charge >= 0.3 is 0 Å². The Labute approximate surface area is 82.5 Å². The molecule has 0 saturated carbocycles. The second-order valence-corrected chi connectivity index (χ2v) is 2.77. The minimum atomic E-state index is 0. The molecule has 0 radical (unpaired) electrons. The molecule has 0 saturated heterocycles. The Balaban J connectivity index is 0.000001000. The maximum absolute atomic E-state index is 4.32. The number of nitrogens with zero attached hydrogens (tertiary/aromatic N) is 1. The van der Waals surface area contributed by atoms with Gasteiger partial charge in [0.2, 0.25) is 0 Å². The van der Waals surface area contributed by atoms with Crippen LogP contribution in [-0.4, -0.2) is 4.98 Å². The van der Waals surface area contributed by atoms with Gasteiger partial charge in [-0.15, -0.1) is 0 Å². The van der Waals surface area contributed by atoms with E-state index in [9.17, 15) is 0 Å². The zero-order valence-corrected chi connectivity index (χ0v) is 10.0. The van der Waals surface area contributed by atoms with E-state index in [0.29, 0.717) is 5.92 Å². The summed E-state index contributed by atoms with van der Waals surface area (Å²) >= 11 is 0. The molecule has 0 unspecified atom stereocenters. The standard InChI is InChI=1S/C9H12N.W/c1-7(2)9-6-4-5-8(3)10-9;/h4-5,7H,1-3H3;/q-1;. The van der Waals surface area contributed by atoms with Crippen LogP contribution in [0, 0.1) is 13.0 Å². The van der Waals surface area contributed by atoms with Crippen molar-refractivity contribution in [1.29, 1.82) is 0 Å². The SMILES string of the molecule is Cc1cc[c-]c(C(C)C)n1.[W]. The molecule has 11 heavy (non-hydrogen) atoms. The second kappa shape index (κ2) is 4.66. The van der Waals surface area contributed by atoms with E-state index in [-0.39, 0.29) is 21.1 Å². The Kier molecular flexibility index (Phi) is 4.59. The van der Waals surface area contributed by atoms with E-state index in [1.54, 1.807) is 0 Å². The first-order chi connectivity index (χ1) is 4.70. The molecule has 0 aromatic carbocycles. The molecule has 0 aliphatic carbocycles. The number of rotatable bonds is 1. The van der Waals surface area contributed by atoms with Crippen molar-refractivity contribution in [2.45, 2.75) is 26.7 Å². The molecule has 1 rings (SSSR count). The zero-order valence-electron chi connectivity index (χ0n) is 7.09. The van der Waals surface area contributed by atoms with Crippen LogP contribution in [0.5, 0.6) is 0 Å². The first-order valence-corrected chi connectivity index (χ1v) is 3.55. The number of hydrogen-bond donors (Lipinski definition) is 0. The van der Waals surface area contributed by atoms with Crippen molar-refractivity contribution in [2.75, 3.05) is 0 Å². The van der Waals surface area contributed by atoms with Gasteiger partial charge in [0.1, 0.15) is 0 Å². The molecule has 0 bridgehead atoms. The normalized spacial score (nSPS) is 9.45. The van der Waals surface area contributed by atoms with E-state index in [1.165, 1.54) is 0 Å². The predicted octanol–water partition coefficient (Wildman–Crippen LogP) is 2.31. The molecule has 1 aromatic rings. The van der Waals surface area contributed by atoms with Crippen molar-refractivity contribution in [3.05, 3.63) is 29.6 Å². The summed E-state index contributed by atoms with van der Waals surface area (Å²) in [4.78, 5) is 4.32. The van der Waals surface area contributed by atoms with Crippen molar-refractivity contribution < 1.29 is 21.1 Å². The summed E-state index contributed by atoms with van der Waals surface area (Å²) in [6.07, 6.45) is 0. The van der Waals surface area contributed by atoms with E-state index in [4.69, 9.17) is 0 Å². The smallest absolute Gasteiger partial charge is 0 e. The topological polar surface area (TPSA) is 12.9 Å². The fourth-order valence-electron chi connectivity index (χ4n) is 0.803. The van der Waals surface area contributed by atoms with Crippen LogP contribution in [0.2, 0.25) is 0 Å². The van der Waals surface area contributed by atoms with Gasteiger partial charge in [-0.25, -0.2) is 12.1 Å². The van der Waals surface area contributed by atoms with Crippen molar-refractivity contribution >= 4 is 0 Å². The molecule has 0 atom stereocenters. The third kappa shape index (κ3) is 3.16. The molecule has 0 aliphatic rings. The fourth-order valence-corrected chi connectivity index (χ4v) is 0.803. The van der Waals surface area contributed by atoms with Crippen LogP contribution in [0.15, 0.2) is 12.1 Å². The minimum Gasteiger partial charge on any atom is -0.297 e. The van der Waals surface area contributed by atoms with Gasteiger partial charge in [0.05, 0.1) is 0 Å². The maximum Gasteiger partial charge on any atom is 0 e. The molecule has 0 fully saturated rings. The van der Waals surface area contributed by atoms with Gasteiger partial charge < -0.3 is 0 Å². The minimum absolute atomic E-state index is 0. The van der Waals surface area contributed by atoms with E-state index in [0.717, 1.165) is 11.4 Å². The third-order valence-electron chi connectivity index (χ3n) is 1.40. The molecule has 1 heterocycles. The van der Waals surface area contributed by atoms with Gasteiger partial charge in [0.15, 0.2) is 0 Å². The first-order valence-electron chi connectivity index (χ1n) is 3.55. The summed E-state index contributed by atoms with van der Waals surface area (Å²) in [5, 5.41) is 0. The molecular formula is C9H12NW-. The van der Waals surface area contributed by atoms with Crippen molar-refractivity contribution in [3.8, 4) is 0 Å². The molecule has 1 nitrogen and oxygen atoms in total. The zero-order chi connectivity index (χ0) is 7.56. The van der Waals surface area contributed by atoms with E-state index >= 15 is 0 Å². The predicted molar refractivity (Wildman–Crippen MR) is 41.9 cm³/mol. The van der Waals surface area contributed by atoms with Gasteiger partial charge in [0, 0.05) is 21.1 Å². The molecule has 60 valence electrons. The summed E-state index contributed by atoms with van der Waals surface area (Å²) in [5.74, 6) is 0.486. The number of aryl methyl sites for hydroxylation is 1. The third-order valence-corrected chi connectivity index (χ3v) is 1.40. The van der Waals surface area contributed by atoms with Gasteiger partial charge in [-0.1, -0.05) is 13.8 Å². The van der Waals surface area contributed by atoms with Crippen LogP contribution >= 0.6 is 0 Å². The van der Waals surface area contributed by atoms with E-state index in [2.05, 4.69) is 24.9 Å². The van der Waals surface area contributed by atoms with E-state index in [1.807, 2.05) is 19.1 Å². The quantitative estimate of drug-likeness (QED) is 0.724. The Morgan fingerprint density at radius 1 is 1.45 bits per heavy atom. The monoisotopic (exact) mass is 318 g/mol. The molecule has 2 heteroatoms. The largest absolute Gasteiger partial charge is 0.297 e. The summed E-state index contributed by atoms with van der Waals surface area (Å²) < 4.78 is 0. The molecule has 0 N–H and O–H groups in total. The second-order valence-electron chi connectivity index (χ2n) is 2.77. The Morgan fingerprint density at radius 3 is 2.45 bits per heavy atom. The van der Waals surface area contributed by atoms with Crippen LogP contribution in [-0.2, 0) is 21.1 Å². The molecule has 0 spiro atoms. The molecule has 1 aromatic heterocycles. The fraction of sp³-hybridized carbons (Fsp3) is 0.444. The van der Waals surface area contributed by atoms with Gasteiger partial charge in [0.25, 0.3) is 0 Å². The van der Waals surface area contributed by atoms with Gasteiger partial charge in [-0.2, -0.15) is 6.07 Å². The number of aromatic nitrogens is 1. The van der Waals surface area contributed by atoms with Crippen molar-refractivity contribution in [1.82, 2.24) is 4.98 Å². The van der Waals surface area contributed by atoms with Crippen LogP contribution in [0.4, 0.5) is 0 Å². The maximum atomic E-state index is 4.32. The summed E-state index contributed by atoms with van der Waals surface area (Å²) in [6.45, 7) is 6.25. The van der Waals surface area contributed by atoms with Gasteiger partial charge in [-0.3, -0.25) is 4.98 Å². The number of pyridine rings is 1. The number of hydrogen-bond acceptors (Lipinski definition) is 1. The average molecular weight is 318 g/mol. The van der Waals surface area contributed by atoms with Crippen LogP contribution in [0.1, 0.15) is 31.2 Å². The Hall–Kier alpha value is -0.162. The average Bonchev–Trinajstić information content (AvgIpc) is 1.88. The van der Waals surface area contributed by atoms with Crippen molar-refractivity contribution in [2.24, 2.45) is 0 Å². The first kappa shape index (κ1) is 10.8. The van der Waals surface area contributed by atoms with Crippen LogP contribution in [0.3, 0.4) is 0 Å².